The van der Waals surface area contributed by atoms with Crippen LogP contribution in [0.1, 0.15) is 24.5 Å². The quantitative estimate of drug-likeness (QED) is 0.786. The molecule has 2 nitrogen and oxygen atoms in total. The molecule has 0 spiro atoms. The van der Waals surface area contributed by atoms with Crippen LogP contribution in [0.25, 0.3) is 0 Å². The summed E-state index contributed by atoms with van der Waals surface area (Å²) >= 11 is 0. The smallest absolute Gasteiger partial charge is 0.227 e. The molecule has 1 aliphatic carbocycles. The van der Waals surface area contributed by atoms with Gasteiger partial charge < -0.3 is 5.32 Å². The van der Waals surface area contributed by atoms with Crippen LogP contribution in [-0.4, -0.2) is 5.91 Å². The van der Waals surface area contributed by atoms with Crippen LogP contribution in [0.2, 0.25) is 0 Å². The third-order valence-electron chi connectivity index (χ3n) is 3.10. The normalized spacial score (nSPS) is 23.7. The van der Waals surface area contributed by atoms with E-state index in [1.807, 2.05) is 26.0 Å². The molecule has 1 aromatic rings. The van der Waals surface area contributed by atoms with E-state index in [0.29, 0.717) is 5.92 Å². The van der Waals surface area contributed by atoms with E-state index < -0.39 is 0 Å². The van der Waals surface area contributed by atoms with Crippen LogP contribution in [0.15, 0.2) is 18.2 Å². The molecule has 0 heterocycles. The van der Waals surface area contributed by atoms with E-state index in [1.165, 1.54) is 5.56 Å². The molecule has 1 saturated carbocycles. The number of amides is 1. The van der Waals surface area contributed by atoms with Crippen LogP contribution in [0, 0.1) is 25.7 Å². The molecule has 1 aliphatic rings. The zero-order valence-electron chi connectivity index (χ0n) is 9.50. The zero-order valence-corrected chi connectivity index (χ0v) is 9.50. The number of hydrogen-bond donors (Lipinski definition) is 1. The maximum Gasteiger partial charge on any atom is 0.227 e. The Morgan fingerprint density at radius 2 is 2.07 bits per heavy atom. The predicted molar refractivity (Wildman–Crippen MR) is 61.8 cm³/mol. The molecule has 0 radical (unpaired) electrons. The largest absolute Gasteiger partial charge is 0.326 e. The minimum absolute atomic E-state index is 0.177. The Kier molecular flexibility index (Phi) is 2.51. The fraction of sp³-hybridized carbons (Fsp3) is 0.462. The number of carbonyl (C=O) groups is 1. The predicted octanol–water partition coefficient (Wildman–Crippen LogP) is 2.90. The van der Waals surface area contributed by atoms with Gasteiger partial charge in [0.1, 0.15) is 0 Å². The SMILES string of the molecule is Cc1ccc(C)c(NC(=O)[C@@H]2C[C@@H]2C)c1. The average molecular weight is 203 g/mol. The van der Waals surface area contributed by atoms with Crippen LogP contribution in [0.5, 0.6) is 0 Å². The van der Waals surface area contributed by atoms with Crippen molar-refractivity contribution in [1.29, 1.82) is 0 Å². The second-order valence-corrected chi connectivity index (χ2v) is 4.63. The van der Waals surface area contributed by atoms with Gasteiger partial charge in [0.15, 0.2) is 0 Å². The van der Waals surface area contributed by atoms with Gasteiger partial charge in [-0.05, 0) is 43.4 Å². The lowest BCUT2D eigenvalue weighted by molar-refractivity contribution is -0.117. The third-order valence-corrected chi connectivity index (χ3v) is 3.10. The first-order valence-electron chi connectivity index (χ1n) is 5.46. The van der Waals surface area contributed by atoms with Crippen LogP contribution < -0.4 is 5.32 Å². The highest BCUT2D eigenvalue weighted by Gasteiger charge is 2.39. The van der Waals surface area contributed by atoms with Crippen LogP contribution in [0.4, 0.5) is 5.69 Å². The number of aryl methyl sites for hydroxylation is 2. The molecule has 1 fully saturated rings. The van der Waals surface area contributed by atoms with Gasteiger partial charge in [-0.3, -0.25) is 4.79 Å². The maximum atomic E-state index is 11.7. The van der Waals surface area contributed by atoms with E-state index in [0.717, 1.165) is 17.7 Å². The molecule has 0 unspecified atom stereocenters. The maximum absolute atomic E-state index is 11.7. The standard InChI is InChI=1S/C13H17NO/c1-8-4-5-9(2)12(6-8)14-13(15)11-7-10(11)3/h4-6,10-11H,7H2,1-3H3,(H,14,15)/t10-,11+/m0/s1. The van der Waals surface area contributed by atoms with E-state index in [1.54, 1.807) is 0 Å². The molecule has 0 aromatic heterocycles. The van der Waals surface area contributed by atoms with Crippen molar-refractivity contribution in [3.05, 3.63) is 29.3 Å². The van der Waals surface area contributed by atoms with Gasteiger partial charge >= 0.3 is 0 Å². The van der Waals surface area contributed by atoms with Crippen LogP contribution >= 0.6 is 0 Å². The van der Waals surface area contributed by atoms with Crippen molar-refractivity contribution < 1.29 is 4.79 Å². The van der Waals surface area contributed by atoms with Gasteiger partial charge in [0, 0.05) is 11.6 Å². The summed E-state index contributed by atoms with van der Waals surface area (Å²) in [6.45, 7) is 6.17. The van der Waals surface area contributed by atoms with Crippen LogP contribution in [-0.2, 0) is 4.79 Å². The first-order chi connectivity index (χ1) is 7.08. The fourth-order valence-corrected chi connectivity index (χ4v) is 1.78. The molecular weight excluding hydrogens is 186 g/mol. The molecule has 15 heavy (non-hydrogen) atoms. The molecule has 2 heteroatoms. The number of rotatable bonds is 2. The Balaban J connectivity index is 2.10. The summed E-state index contributed by atoms with van der Waals surface area (Å²) in [6, 6.07) is 6.13. The van der Waals surface area contributed by atoms with Gasteiger partial charge in [-0.2, -0.15) is 0 Å². The number of nitrogens with one attached hydrogen (secondary N) is 1. The summed E-state index contributed by atoms with van der Waals surface area (Å²) in [5.41, 5.74) is 3.26. The summed E-state index contributed by atoms with van der Waals surface area (Å²) in [4.78, 5) is 11.7. The first-order valence-corrected chi connectivity index (χ1v) is 5.46. The van der Waals surface area contributed by atoms with Gasteiger partial charge in [0.25, 0.3) is 0 Å². The van der Waals surface area contributed by atoms with E-state index >= 15 is 0 Å². The molecule has 0 bridgehead atoms. The van der Waals surface area contributed by atoms with Gasteiger partial charge in [-0.1, -0.05) is 19.1 Å². The van der Waals surface area contributed by atoms with Crippen LogP contribution in [0.3, 0.4) is 0 Å². The van der Waals surface area contributed by atoms with E-state index in [-0.39, 0.29) is 11.8 Å². The van der Waals surface area contributed by atoms with Gasteiger partial charge in [0.05, 0.1) is 0 Å². The van der Waals surface area contributed by atoms with Crippen molar-refractivity contribution in [3.8, 4) is 0 Å². The Labute approximate surface area is 90.7 Å². The highest BCUT2D eigenvalue weighted by molar-refractivity contribution is 5.95. The van der Waals surface area contributed by atoms with Crippen molar-refractivity contribution in [2.24, 2.45) is 11.8 Å². The molecule has 2 rings (SSSR count). The summed E-state index contributed by atoms with van der Waals surface area (Å²) < 4.78 is 0. The Morgan fingerprint density at radius 3 is 2.67 bits per heavy atom. The van der Waals surface area contributed by atoms with E-state index in [2.05, 4.69) is 18.3 Å². The molecule has 0 aliphatic heterocycles. The number of benzene rings is 1. The molecule has 0 saturated heterocycles. The number of hydrogen-bond acceptors (Lipinski definition) is 1. The monoisotopic (exact) mass is 203 g/mol. The molecule has 80 valence electrons. The third kappa shape index (κ3) is 2.20. The first kappa shape index (κ1) is 10.2. The lowest BCUT2D eigenvalue weighted by atomic mass is 10.1. The zero-order chi connectivity index (χ0) is 11.0. The second kappa shape index (κ2) is 3.69. The lowest BCUT2D eigenvalue weighted by Crippen LogP contribution is -2.15. The molecule has 2 atom stereocenters. The van der Waals surface area contributed by atoms with Crippen molar-refractivity contribution in [1.82, 2.24) is 0 Å². The Morgan fingerprint density at radius 1 is 1.40 bits per heavy atom. The average Bonchev–Trinajstić information content (AvgIpc) is 2.89. The Hall–Kier alpha value is -1.31. The summed E-state index contributed by atoms with van der Waals surface area (Å²) in [7, 11) is 0. The molecular formula is C13H17NO. The fourth-order valence-electron chi connectivity index (χ4n) is 1.78. The number of anilines is 1. The second-order valence-electron chi connectivity index (χ2n) is 4.63. The van der Waals surface area contributed by atoms with Crippen molar-refractivity contribution in [3.63, 3.8) is 0 Å². The molecule has 1 aromatic carbocycles. The van der Waals surface area contributed by atoms with Gasteiger partial charge in [-0.15, -0.1) is 0 Å². The summed E-state index contributed by atoms with van der Waals surface area (Å²) in [5.74, 6) is 0.983. The molecule has 1 amide bonds. The Bertz CT molecular complexity index is 398. The minimum atomic E-state index is 0.177. The van der Waals surface area contributed by atoms with Gasteiger partial charge in [-0.25, -0.2) is 0 Å². The highest BCUT2D eigenvalue weighted by Crippen LogP contribution is 2.38. The lowest BCUT2D eigenvalue weighted by Gasteiger charge is -2.08. The summed E-state index contributed by atoms with van der Waals surface area (Å²) in [6.07, 6.45) is 1.04. The van der Waals surface area contributed by atoms with E-state index in [4.69, 9.17) is 0 Å². The minimum Gasteiger partial charge on any atom is -0.326 e. The van der Waals surface area contributed by atoms with E-state index in [9.17, 15) is 4.79 Å². The number of carbonyl (C=O) groups excluding carboxylic acids is 1. The topological polar surface area (TPSA) is 29.1 Å². The van der Waals surface area contributed by atoms with Gasteiger partial charge in [0.2, 0.25) is 5.91 Å². The highest BCUT2D eigenvalue weighted by atomic mass is 16.2. The summed E-state index contributed by atoms with van der Waals surface area (Å²) in [5, 5.41) is 3.00. The van der Waals surface area contributed by atoms with Crippen molar-refractivity contribution in [2.45, 2.75) is 27.2 Å². The molecule has 1 N–H and O–H groups in total. The van der Waals surface area contributed by atoms with Crippen molar-refractivity contribution in [2.75, 3.05) is 5.32 Å². The van der Waals surface area contributed by atoms with Crippen molar-refractivity contribution >= 4 is 11.6 Å².